The van der Waals surface area contributed by atoms with Crippen LogP contribution in [0.4, 0.5) is 0 Å². The lowest BCUT2D eigenvalue weighted by Crippen LogP contribution is -2.24. The molecule has 2 aromatic carbocycles. The molecule has 1 atom stereocenters. The van der Waals surface area contributed by atoms with Crippen molar-refractivity contribution in [3.05, 3.63) is 70.3 Å². The first-order valence-electron chi connectivity index (χ1n) is 8.05. The van der Waals surface area contributed by atoms with E-state index < -0.39 is 0 Å². The van der Waals surface area contributed by atoms with Crippen molar-refractivity contribution in [2.75, 3.05) is 6.54 Å². The Morgan fingerprint density at radius 2 is 1.67 bits per heavy atom. The number of nitrogens with one attached hydrogen (secondary N) is 1. The summed E-state index contributed by atoms with van der Waals surface area (Å²) in [6, 6.07) is 16.1. The van der Waals surface area contributed by atoms with Gasteiger partial charge >= 0.3 is 0 Å². The Kier molecular flexibility index (Phi) is 5.58. The van der Waals surface area contributed by atoms with Gasteiger partial charge in [0.25, 0.3) is 0 Å². The highest BCUT2D eigenvalue weighted by atomic mass is 14.9. The average Bonchev–Trinajstić information content (AvgIpc) is 2.50. The van der Waals surface area contributed by atoms with Crippen molar-refractivity contribution in [2.45, 2.75) is 46.6 Å². The Morgan fingerprint density at radius 1 is 0.952 bits per heavy atom. The first-order chi connectivity index (χ1) is 10.2. The maximum absolute atomic E-state index is 3.70. The summed E-state index contributed by atoms with van der Waals surface area (Å²) in [7, 11) is 0. The van der Waals surface area contributed by atoms with E-state index in [2.05, 4.69) is 75.5 Å². The van der Waals surface area contributed by atoms with Gasteiger partial charge in [0.1, 0.15) is 0 Å². The Hall–Kier alpha value is -1.60. The third kappa shape index (κ3) is 3.95. The average molecular weight is 281 g/mol. The molecular weight excluding hydrogens is 254 g/mol. The smallest absolute Gasteiger partial charge is 0.0579 e. The molecule has 0 bridgehead atoms. The largest absolute Gasteiger partial charge is 0.306 e. The molecule has 1 N–H and O–H groups in total. The summed E-state index contributed by atoms with van der Waals surface area (Å²) in [6.07, 6.45) is 2.24. The van der Waals surface area contributed by atoms with Crippen molar-refractivity contribution in [1.29, 1.82) is 0 Å². The van der Waals surface area contributed by atoms with E-state index in [-0.39, 0.29) is 6.04 Å². The van der Waals surface area contributed by atoms with Crippen LogP contribution in [0.5, 0.6) is 0 Å². The fourth-order valence-corrected chi connectivity index (χ4v) is 2.79. The molecule has 2 aromatic rings. The standard InChI is InChI=1S/C20H27N/c1-5-13-21-20(18-10-8-17(6-2)9-11-18)19-12-7-15(3)14-16(19)4/h7-12,14,20-21H,5-6,13H2,1-4H3. The highest BCUT2D eigenvalue weighted by Crippen LogP contribution is 2.26. The second-order valence-corrected chi connectivity index (χ2v) is 5.84. The van der Waals surface area contributed by atoms with E-state index in [9.17, 15) is 0 Å². The topological polar surface area (TPSA) is 12.0 Å². The number of rotatable bonds is 6. The zero-order valence-electron chi connectivity index (χ0n) is 13.7. The maximum atomic E-state index is 3.70. The van der Waals surface area contributed by atoms with Gasteiger partial charge in [0.05, 0.1) is 6.04 Å². The predicted molar refractivity (Wildman–Crippen MR) is 91.9 cm³/mol. The molecule has 0 amide bonds. The van der Waals surface area contributed by atoms with Gasteiger partial charge in [0.2, 0.25) is 0 Å². The molecule has 0 aromatic heterocycles. The summed E-state index contributed by atoms with van der Waals surface area (Å²) in [5.41, 5.74) is 6.83. The van der Waals surface area contributed by atoms with Crippen molar-refractivity contribution >= 4 is 0 Å². The minimum absolute atomic E-state index is 0.288. The van der Waals surface area contributed by atoms with E-state index in [0.717, 1.165) is 19.4 Å². The lowest BCUT2D eigenvalue weighted by molar-refractivity contribution is 0.596. The minimum Gasteiger partial charge on any atom is -0.306 e. The Balaban J connectivity index is 2.36. The van der Waals surface area contributed by atoms with E-state index >= 15 is 0 Å². The van der Waals surface area contributed by atoms with Crippen molar-refractivity contribution < 1.29 is 0 Å². The predicted octanol–water partition coefficient (Wildman–Crippen LogP) is 4.95. The monoisotopic (exact) mass is 281 g/mol. The molecule has 21 heavy (non-hydrogen) atoms. The number of hydrogen-bond donors (Lipinski definition) is 1. The molecule has 0 radical (unpaired) electrons. The highest BCUT2D eigenvalue weighted by molar-refractivity contribution is 5.39. The normalized spacial score (nSPS) is 12.4. The molecule has 0 spiro atoms. The van der Waals surface area contributed by atoms with Crippen LogP contribution in [0.2, 0.25) is 0 Å². The summed E-state index contributed by atoms with van der Waals surface area (Å²) in [4.78, 5) is 0. The maximum Gasteiger partial charge on any atom is 0.0579 e. The van der Waals surface area contributed by atoms with Crippen LogP contribution in [-0.2, 0) is 6.42 Å². The van der Waals surface area contributed by atoms with Crippen LogP contribution in [0.3, 0.4) is 0 Å². The number of hydrogen-bond acceptors (Lipinski definition) is 1. The lowest BCUT2D eigenvalue weighted by atomic mass is 9.93. The van der Waals surface area contributed by atoms with Crippen LogP contribution in [0.15, 0.2) is 42.5 Å². The molecule has 0 aliphatic heterocycles. The third-order valence-electron chi connectivity index (χ3n) is 4.06. The zero-order valence-corrected chi connectivity index (χ0v) is 13.7. The number of benzene rings is 2. The van der Waals surface area contributed by atoms with Crippen LogP contribution in [-0.4, -0.2) is 6.54 Å². The minimum atomic E-state index is 0.288. The molecule has 1 heteroatoms. The van der Waals surface area contributed by atoms with Crippen molar-refractivity contribution in [3.8, 4) is 0 Å². The lowest BCUT2D eigenvalue weighted by Gasteiger charge is -2.22. The zero-order chi connectivity index (χ0) is 15.2. The van der Waals surface area contributed by atoms with Gasteiger partial charge in [-0.15, -0.1) is 0 Å². The van der Waals surface area contributed by atoms with Gasteiger partial charge in [-0.25, -0.2) is 0 Å². The van der Waals surface area contributed by atoms with Crippen LogP contribution >= 0.6 is 0 Å². The van der Waals surface area contributed by atoms with Gasteiger partial charge in [-0.3, -0.25) is 0 Å². The van der Waals surface area contributed by atoms with Gasteiger partial charge in [-0.2, -0.15) is 0 Å². The molecule has 0 saturated heterocycles. The van der Waals surface area contributed by atoms with Crippen molar-refractivity contribution in [2.24, 2.45) is 0 Å². The summed E-state index contributed by atoms with van der Waals surface area (Å²) < 4.78 is 0. The second-order valence-electron chi connectivity index (χ2n) is 5.84. The van der Waals surface area contributed by atoms with E-state index in [0.29, 0.717) is 0 Å². The molecule has 0 saturated carbocycles. The molecule has 0 fully saturated rings. The van der Waals surface area contributed by atoms with Crippen LogP contribution in [0.1, 0.15) is 54.1 Å². The van der Waals surface area contributed by atoms with E-state index in [4.69, 9.17) is 0 Å². The van der Waals surface area contributed by atoms with E-state index in [1.54, 1.807) is 0 Å². The van der Waals surface area contributed by atoms with Crippen molar-refractivity contribution in [1.82, 2.24) is 5.32 Å². The van der Waals surface area contributed by atoms with E-state index in [1.165, 1.54) is 27.8 Å². The summed E-state index contributed by atoms with van der Waals surface area (Å²) in [6.45, 7) is 9.82. The molecule has 0 aliphatic rings. The quantitative estimate of drug-likeness (QED) is 0.789. The summed E-state index contributed by atoms with van der Waals surface area (Å²) >= 11 is 0. The molecule has 112 valence electrons. The molecule has 0 heterocycles. The molecule has 1 nitrogen and oxygen atoms in total. The van der Waals surface area contributed by atoms with Gasteiger partial charge in [-0.1, -0.05) is 61.9 Å². The first-order valence-corrected chi connectivity index (χ1v) is 8.05. The Labute approximate surface area is 129 Å². The third-order valence-corrected chi connectivity index (χ3v) is 4.06. The fraction of sp³-hybridized carbons (Fsp3) is 0.400. The van der Waals surface area contributed by atoms with Gasteiger partial charge < -0.3 is 5.32 Å². The van der Waals surface area contributed by atoms with Crippen LogP contribution in [0.25, 0.3) is 0 Å². The Bertz CT molecular complexity index is 569. The highest BCUT2D eigenvalue weighted by Gasteiger charge is 2.15. The van der Waals surface area contributed by atoms with E-state index in [1.807, 2.05) is 0 Å². The van der Waals surface area contributed by atoms with Gasteiger partial charge in [0.15, 0.2) is 0 Å². The number of aryl methyl sites for hydroxylation is 3. The molecular formula is C20H27N. The summed E-state index contributed by atoms with van der Waals surface area (Å²) in [5.74, 6) is 0. The van der Waals surface area contributed by atoms with Crippen LogP contribution < -0.4 is 5.32 Å². The second kappa shape index (κ2) is 7.42. The van der Waals surface area contributed by atoms with Crippen molar-refractivity contribution in [3.63, 3.8) is 0 Å². The Morgan fingerprint density at radius 3 is 2.24 bits per heavy atom. The molecule has 2 rings (SSSR count). The first kappa shape index (κ1) is 15.8. The van der Waals surface area contributed by atoms with Crippen LogP contribution in [0, 0.1) is 13.8 Å². The van der Waals surface area contributed by atoms with Gasteiger partial charge in [-0.05, 0) is 55.5 Å². The summed E-state index contributed by atoms with van der Waals surface area (Å²) in [5, 5.41) is 3.70. The van der Waals surface area contributed by atoms with Gasteiger partial charge in [0, 0.05) is 0 Å². The molecule has 0 aliphatic carbocycles. The fourth-order valence-electron chi connectivity index (χ4n) is 2.79. The molecule has 1 unspecified atom stereocenters. The SMILES string of the molecule is CCCNC(c1ccc(CC)cc1)c1ccc(C)cc1C.